The normalized spacial score (nSPS) is 15.3. The van der Waals surface area contributed by atoms with Crippen LogP contribution in [0.3, 0.4) is 0 Å². The maximum absolute atomic E-state index is 13.6. The van der Waals surface area contributed by atoms with E-state index in [1.807, 2.05) is 26.0 Å². The van der Waals surface area contributed by atoms with E-state index < -0.39 is 11.2 Å². The maximum Gasteiger partial charge on any atom is 0.236 e. The zero-order valence-electron chi connectivity index (χ0n) is 13.9. The van der Waals surface area contributed by atoms with E-state index in [1.165, 1.54) is 6.07 Å². The second-order valence-electron chi connectivity index (χ2n) is 6.54. The largest absolute Gasteiger partial charge is 0.326 e. The SMILES string of the molecule is CN1C(=O)C(C)(C)c2cc(NC(=O)Cc3ccccc3F)ccc21. The number of hydrogen-bond donors (Lipinski definition) is 1. The zero-order chi connectivity index (χ0) is 17.5. The molecular formula is C19H19FN2O2. The Balaban J connectivity index is 1.80. The number of nitrogens with zero attached hydrogens (tertiary/aromatic N) is 1. The van der Waals surface area contributed by atoms with E-state index in [1.54, 1.807) is 36.2 Å². The van der Waals surface area contributed by atoms with E-state index in [0.717, 1.165) is 11.3 Å². The Labute approximate surface area is 140 Å². The number of halogens is 1. The van der Waals surface area contributed by atoms with E-state index in [4.69, 9.17) is 0 Å². The number of fused-ring (bicyclic) bond motifs is 1. The molecule has 0 radical (unpaired) electrons. The molecule has 0 fully saturated rings. The average Bonchev–Trinajstić information content (AvgIpc) is 2.71. The van der Waals surface area contributed by atoms with Gasteiger partial charge < -0.3 is 10.2 Å². The summed E-state index contributed by atoms with van der Waals surface area (Å²) in [4.78, 5) is 26.1. The molecule has 1 aliphatic heterocycles. The van der Waals surface area contributed by atoms with Gasteiger partial charge in [0.05, 0.1) is 11.8 Å². The lowest BCUT2D eigenvalue weighted by molar-refractivity contribution is -0.121. The van der Waals surface area contributed by atoms with Gasteiger partial charge in [-0.1, -0.05) is 18.2 Å². The predicted octanol–water partition coefficient (Wildman–Crippen LogP) is 3.26. The van der Waals surface area contributed by atoms with Gasteiger partial charge in [0, 0.05) is 18.4 Å². The summed E-state index contributed by atoms with van der Waals surface area (Å²) in [5, 5.41) is 2.78. The van der Waals surface area contributed by atoms with Crippen LogP contribution in [0.2, 0.25) is 0 Å². The summed E-state index contributed by atoms with van der Waals surface area (Å²) >= 11 is 0. The van der Waals surface area contributed by atoms with Crippen LogP contribution in [0.25, 0.3) is 0 Å². The first kappa shape index (κ1) is 16.2. The summed E-state index contributed by atoms with van der Waals surface area (Å²) in [6, 6.07) is 11.6. The monoisotopic (exact) mass is 326 g/mol. The molecule has 3 rings (SSSR count). The van der Waals surface area contributed by atoms with Crippen molar-refractivity contribution in [1.82, 2.24) is 0 Å². The van der Waals surface area contributed by atoms with Crippen LogP contribution in [-0.4, -0.2) is 18.9 Å². The van der Waals surface area contributed by atoms with Gasteiger partial charge in [0.2, 0.25) is 11.8 Å². The van der Waals surface area contributed by atoms with Gasteiger partial charge in [-0.15, -0.1) is 0 Å². The van der Waals surface area contributed by atoms with E-state index in [0.29, 0.717) is 11.3 Å². The van der Waals surface area contributed by atoms with Crippen molar-refractivity contribution >= 4 is 23.2 Å². The van der Waals surface area contributed by atoms with E-state index >= 15 is 0 Å². The van der Waals surface area contributed by atoms with Crippen molar-refractivity contribution < 1.29 is 14.0 Å². The van der Waals surface area contributed by atoms with Crippen molar-refractivity contribution in [2.24, 2.45) is 0 Å². The molecule has 0 saturated heterocycles. The number of nitrogens with one attached hydrogen (secondary N) is 1. The first-order valence-corrected chi connectivity index (χ1v) is 7.76. The van der Waals surface area contributed by atoms with Crippen molar-refractivity contribution in [3.05, 3.63) is 59.4 Å². The molecule has 0 spiro atoms. The molecule has 1 aliphatic rings. The van der Waals surface area contributed by atoms with Crippen LogP contribution in [0, 0.1) is 5.82 Å². The van der Waals surface area contributed by atoms with Crippen LogP contribution in [-0.2, 0) is 21.4 Å². The highest BCUT2D eigenvalue weighted by atomic mass is 19.1. The molecule has 24 heavy (non-hydrogen) atoms. The fourth-order valence-corrected chi connectivity index (χ4v) is 3.07. The van der Waals surface area contributed by atoms with Crippen molar-refractivity contribution in [1.29, 1.82) is 0 Å². The van der Waals surface area contributed by atoms with Gasteiger partial charge >= 0.3 is 0 Å². The summed E-state index contributed by atoms with van der Waals surface area (Å²) in [7, 11) is 1.74. The van der Waals surface area contributed by atoms with Gasteiger partial charge in [-0.2, -0.15) is 0 Å². The molecule has 4 nitrogen and oxygen atoms in total. The summed E-state index contributed by atoms with van der Waals surface area (Å²) in [6.45, 7) is 3.73. The third-order valence-corrected chi connectivity index (χ3v) is 4.46. The molecule has 1 N–H and O–H groups in total. The van der Waals surface area contributed by atoms with E-state index in [-0.39, 0.29) is 18.2 Å². The molecule has 0 bridgehead atoms. The Bertz CT molecular complexity index is 830. The quantitative estimate of drug-likeness (QED) is 0.941. The van der Waals surface area contributed by atoms with Crippen LogP contribution < -0.4 is 10.2 Å². The molecule has 5 heteroatoms. The number of likely N-dealkylation sites (N-methyl/N-ethyl adjacent to an activating group) is 1. The van der Waals surface area contributed by atoms with Crippen molar-refractivity contribution in [2.75, 3.05) is 17.3 Å². The smallest absolute Gasteiger partial charge is 0.236 e. The van der Waals surface area contributed by atoms with Gasteiger partial charge in [0.25, 0.3) is 0 Å². The highest BCUT2D eigenvalue weighted by molar-refractivity contribution is 6.07. The molecule has 2 aromatic carbocycles. The van der Waals surface area contributed by atoms with Gasteiger partial charge in [-0.25, -0.2) is 4.39 Å². The molecule has 2 aromatic rings. The maximum atomic E-state index is 13.6. The fraction of sp³-hybridized carbons (Fsp3) is 0.263. The van der Waals surface area contributed by atoms with Crippen LogP contribution in [0.1, 0.15) is 25.0 Å². The third kappa shape index (κ3) is 2.66. The summed E-state index contributed by atoms with van der Waals surface area (Å²) in [5.41, 5.74) is 2.05. The molecule has 0 aliphatic carbocycles. The minimum absolute atomic E-state index is 0.0207. The molecule has 0 saturated carbocycles. The van der Waals surface area contributed by atoms with Crippen molar-refractivity contribution in [2.45, 2.75) is 25.7 Å². The summed E-state index contributed by atoms with van der Waals surface area (Å²) in [5.74, 6) is -0.669. The molecule has 1 heterocycles. The number of amides is 2. The Hall–Kier alpha value is -2.69. The number of hydrogen-bond acceptors (Lipinski definition) is 2. The number of rotatable bonds is 3. The van der Waals surface area contributed by atoms with Gasteiger partial charge in [-0.05, 0) is 49.2 Å². The average molecular weight is 326 g/mol. The van der Waals surface area contributed by atoms with E-state index in [2.05, 4.69) is 5.32 Å². The van der Waals surface area contributed by atoms with Crippen LogP contribution in [0.4, 0.5) is 15.8 Å². The first-order chi connectivity index (χ1) is 11.3. The van der Waals surface area contributed by atoms with Gasteiger partial charge in [-0.3, -0.25) is 9.59 Å². The second kappa shape index (κ2) is 5.74. The predicted molar refractivity (Wildman–Crippen MR) is 91.6 cm³/mol. The number of carbonyl (C=O) groups excluding carboxylic acids is 2. The molecular weight excluding hydrogens is 307 g/mol. The number of carbonyl (C=O) groups is 2. The van der Waals surface area contributed by atoms with Gasteiger partial charge in [0.15, 0.2) is 0 Å². The molecule has 0 unspecified atom stereocenters. The lowest BCUT2D eigenvalue weighted by Gasteiger charge is -2.17. The highest BCUT2D eigenvalue weighted by Gasteiger charge is 2.42. The number of benzene rings is 2. The Morgan fingerprint density at radius 2 is 1.92 bits per heavy atom. The second-order valence-corrected chi connectivity index (χ2v) is 6.54. The molecule has 124 valence electrons. The zero-order valence-corrected chi connectivity index (χ0v) is 13.9. The van der Waals surface area contributed by atoms with E-state index in [9.17, 15) is 14.0 Å². The number of anilines is 2. The fourth-order valence-electron chi connectivity index (χ4n) is 3.07. The summed E-state index contributed by atoms with van der Waals surface area (Å²) in [6.07, 6.45) is -0.0357. The lowest BCUT2D eigenvalue weighted by Crippen LogP contribution is -2.33. The first-order valence-electron chi connectivity index (χ1n) is 7.76. The third-order valence-electron chi connectivity index (χ3n) is 4.46. The Kier molecular flexibility index (Phi) is 3.87. The van der Waals surface area contributed by atoms with Crippen molar-refractivity contribution in [3.63, 3.8) is 0 Å². The van der Waals surface area contributed by atoms with Crippen LogP contribution in [0.5, 0.6) is 0 Å². The Morgan fingerprint density at radius 1 is 1.21 bits per heavy atom. The lowest BCUT2D eigenvalue weighted by atomic mass is 9.86. The van der Waals surface area contributed by atoms with Crippen molar-refractivity contribution in [3.8, 4) is 0 Å². The van der Waals surface area contributed by atoms with Crippen LogP contribution in [0.15, 0.2) is 42.5 Å². The molecule has 2 amide bonds. The minimum Gasteiger partial charge on any atom is -0.326 e. The van der Waals surface area contributed by atoms with Crippen LogP contribution >= 0.6 is 0 Å². The Morgan fingerprint density at radius 3 is 2.62 bits per heavy atom. The highest BCUT2D eigenvalue weighted by Crippen LogP contribution is 2.41. The molecule has 0 aromatic heterocycles. The van der Waals surface area contributed by atoms with Gasteiger partial charge in [0.1, 0.15) is 5.82 Å². The topological polar surface area (TPSA) is 49.4 Å². The molecule has 0 atom stereocenters. The minimum atomic E-state index is -0.629. The summed E-state index contributed by atoms with van der Waals surface area (Å²) < 4.78 is 13.6. The standard InChI is InChI=1S/C19H19FN2O2/c1-19(2)14-11-13(8-9-16(14)22(3)18(19)24)21-17(23)10-12-6-4-5-7-15(12)20/h4-9,11H,10H2,1-3H3,(H,21,23).